The van der Waals surface area contributed by atoms with Crippen LogP contribution in [0, 0.1) is 0 Å². The number of ether oxygens (including phenoxy) is 3. The molecule has 2 N–H and O–H groups in total. The number of rotatable bonds is 21. The van der Waals surface area contributed by atoms with E-state index in [1.807, 2.05) is 91.0 Å². The molecule has 0 spiro atoms. The van der Waals surface area contributed by atoms with Crippen molar-refractivity contribution in [3.8, 4) is 5.75 Å². The lowest BCUT2D eigenvalue weighted by atomic mass is 9.94. The zero-order valence-corrected chi connectivity index (χ0v) is 36.8. The first-order valence-corrected chi connectivity index (χ1v) is 21.6. The normalized spacial score (nSPS) is 13.5. The van der Waals surface area contributed by atoms with E-state index in [-0.39, 0.29) is 67.8 Å². The van der Waals surface area contributed by atoms with Crippen LogP contribution in [0.5, 0.6) is 5.75 Å². The molecule has 11 heteroatoms. The van der Waals surface area contributed by atoms with Crippen LogP contribution in [0.2, 0.25) is 0 Å². The number of hydrogen-bond donors (Lipinski definition) is 2. The van der Waals surface area contributed by atoms with Gasteiger partial charge in [0, 0.05) is 23.4 Å². The van der Waals surface area contributed by atoms with Crippen LogP contribution in [0.1, 0.15) is 88.1 Å². The fourth-order valence-corrected chi connectivity index (χ4v) is 7.57. The van der Waals surface area contributed by atoms with Crippen LogP contribution in [0.15, 0.2) is 153 Å². The van der Waals surface area contributed by atoms with Crippen LogP contribution in [-0.2, 0) is 34.6 Å². The van der Waals surface area contributed by atoms with E-state index in [1.165, 1.54) is 36.1 Å². The van der Waals surface area contributed by atoms with Gasteiger partial charge in [-0.1, -0.05) is 130 Å². The van der Waals surface area contributed by atoms with E-state index in [9.17, 15) is 24.3 Å². The van der Waals surface area contributed by atoms with Crippen molar-refractivity contribution in [1.82, 2.24) is 10.2 Å². The second-order valence-corrected chi connectivity index (χ2v) is 16.3. The summed E-state index contributed by atoms with van der Waals surface area (Å²) in [4.78, 5) is 58.2. The summed E-state index contributed by atoms with van der Waals surface area (Å²) in [5.41, 5.74) is 4.15. The van der Waals surface area contributed by atoms with Crippen LogP contribution in [0.4, 0.5) is 15.3 Å². The molecule has 3 amide bonds. The van der Waals surface area contributed by atoms with Crippen molar-refractivity contribution in [3.63, 3.8) is 0 Å². The van der Waals surface area contributed by atoms with E-state index in [4.69, 9.17) is 14.2 Å². The Kier molecular flexibility index (Phi) is 15.9. The quantitative estimate of drug-likeness (QED) is 0.0550. The minimum Gasteiger partial charge on any atom is -0.490 e. The van der Waals surface area contributed by atoms with Crippen molar-refractivity contribution >= 4 is 29.6 Å². The summed E-state index contributed by atoms with van der Waals surface area (Å²) >= 11 is 0. The van der Waals surface area contributed by atoms with Crippen LogP contribution in [0.3, 0.4) is 0 Å². The highest BCUT2D eigenvalue weighted by molar-refractivity contribution is 6.02. The Balaban J connectivity index is 1.34. The summed E-state index contributed by atoms with van der Waals surface area (Å²) in [6.07, 6.45) is 1.97. The zero-order chi connectivity index (χ0) is 45.6. The number of aliphatic hydroxyl groups is 1. The number of anilines is 1. The highest BCUT2D eigenvalue weighted by Crippen LogP contribution is 2.52. The first-order valence-electron chi connectivity index (χ1n) is 21.6. The van der Waals surface area contributed by atoms with Gasteiger partial charge in [-0.05, 0) is 90.3 Å². The maximum absolute atomic E-state index is 14.5. The number of ketones is 1. The Labute approximate surface area is 376 Å². The molecule has 5 aromatic rings. The first-order chi connectivity index (χ1) is 30.9. The summed E-state index contributed by atoms with van der Waals surface area (Å²) in [6.45, 7) is 13.3. The summed E-state index contributed by atoms with van der Waals surface area (Å²) in [7, 11) is 0. The highest BCUT2D eigenvalue weighted by atomic mass is 16.6. The van der Waals surface area contributed by atoms with Crippen molar-refractivity contribution < 1.29 is 38.5 Å². The lowest BCUT2D eigenvalue weighted by Crippen LogP contribution is -2.53. The van der Waals surface area contributed by atoms with Gasteiger partial charge in [0.05, 0.1) is 24.2 Å². The lowest BCUT2D eigenvalue weighted by Gasteiger charge is -2.36. The summed E-state index contributed by atoms with van der Waals surface area (Å²) in [6, 6.07) is 37.6. The highest BCUT2D eigenvalue weighted by Gasteiger charge is 2.53. The average Bonchev–Trinajstić information content (AvgIpc) is 4.12. The van der Waals surface area contributed by atoms with Gasteiger partial charge >= 0.3 is 12.2 Å². The number of nitrogens with zero attached hydrogens (tertiary/aromatic N) is 2. The molecule has 5 aromatic carbocycles. The van der Waals surface area contributed by atoms with Crippen molar-refractivity contribution in [2.75, 3.05) is 24.6 Å². The van der Waals surface area contributed by atoms with E-state index in [1.54, 1.807) is 17.0 Å². The van der Waals surface area contributed by atoms with Gasteiger partial charge in [-0.3, -0.25) is 19.4 Å². The summed E-state index contributed by atoms with van der Waals surface area (Å²) < 4.78 is 17.4. The molecule has 1 aliphatic rings. The molecule has 0 unspecified atom stereocenters. The Morgan fingerprint density at radius 1 is 0.750 bits per heavy atom. The number of amides is 3. The van der Waals surface area contributed by atoms with Gasteiger partial charge in [0.25, 0.3) is 5.91 Å². The van der Waals surface area contributed by atoms with Gasteiger partial charge in [-0.2, -0.15) is 0 Å². The Hall–Kier alpha value is -6.98. The second-order valence-electron chi connectivity index (χ2n) is 16.3. The molecular formula is C53H57N3O8. The van der Waals surface area contributed by atoms with Crippen LogP contribution >= 0.6 is 0 Å². The predicted octanol–water partition coefficient (Wildman–Crippen LogP) is 9.94. The number of benzene rings is 5. The molecule has 64 heavy (non-hydrogen) atoms. The molecule has 332 valence electrons. The maximum Gasteiger partial charge on any atom is 0.414 e. The molecule has 1 aliphatic carbocycles. The monoisotopic (exact) mass is 863 g/mol. The van der Waals surface area contributed by atoms with Crippen LogP contribution in [-0.4, -0.2) is 65.7 Å². The van der Waals surface area contributed by atoms with E-state index >= 15 is 0 Å². The predicted molar refractivity (Wildman–Crippen MR) is 248 cm³/mol. The molecule has 11 nitrogen and oxygen atoms in total. The fraction of sp³-hybridized carbons (Fsp3) is 0.283. The van der Waals surface area contributed by atoms with Gasteiger partial charge in [-0.25, -0.2) is 9.59 Å². The molecule has 0 aliphatic heterocycles. The zero-order valence-electron chi connectivity index (χ0n) is 36.8. The Morgan fingerprint density at radius 2 is 1.38 bits per heavy atom. The van der Waals surface area contributed by atoms with Gasteiger partial charge in [-0.15, -0.1) is 6.58 Å². The number of carbonyl (C=O) groups is 4. The van der Waals surface area contributed by atoms with E-state index in [0.717, 1.165) is 27.8 Å². The third-order valence-corrected chi connectivity index (χ3v) is 11.3. The summed E-state index contributed by atoms with van der Waals surface area (Å²) in [5, 5.41) is 15.4. The average molecular weight is 864 g/mol. The van der Waals surface area contributed by atoms with Gasteiger partial charge in [0.1, 0.15) is 25.6 Å². The topological polar surface area (TPSA) is 135 Å². The lowest BCUT2D eigenvalue weighted by molar-refractivity contribution is 0.0319. The smallest absolute Gasteiger partial charge is 0.414 e. The molecule has 1 fully saturated rings. The second kappa shape index (κ2) is 21.9. The summed E-state index contributed by atoms with van der Waals surface area (Å²) in [5.74, 6) is -0.129. The minimum absolute atomic E-state index is 0.00766. The number of aliphatic hydroxyl groups excluding tert-OH is 1. The first kappa shape index (κ1) is 46.5. The van der Waals surface area contributed by atoms with Crippen molar-refractivity contribution in [2.24, 2.45) is 0 Å². The molecule has 0 saturated heterocycles. The number of nitrogens with one attached hydrogen (secondary N) is 1. The van der Waals surface area contributed by atoms with Crippen molar-refractivity contribution in [2.45, 2.75) is 76.9 Å². The van der Waals surface area contributed by atoms with E-state index < -0.39 is 35.8 Å². The molecule has 0 radical (unpaired) electrons. The third kappa shape index (κ3) is 12.1. The Morgan fingerprint density at radius 3 is 1.98 bits per heavy atom. The van der Waals surface area contributed by atoms with Gasteiger partial charge < -0.3 is 24.6 Å². The molecule has 2 atom stereocenters. The minimum atomic E-state index is -1.32. The molecule has 0 aromatic heterocycles. The van der Waals surface area contributed by atoms with Crippen molar-refractivity contribution in [3.05, 3.63) is 192 Å². The number of carbonyl (C=O) groups excluding carboxylic acids is 4. The van der Waals surface area contributed by atoms with Crippen molar-refractivity contribution in [1.29, 1.82) is 0 Å². The number of Topliss-reactive ketones (excluding diaryl/α,β-unsaturated/α-hetero) is 1. The molecule has 0 heterocycles. The third-order valence-electron chi connectivity index (χ3n) is 11.3. The van der Waals surface area contributed by atoms with E-state index in [0.29, 0.717) is 18.6 Å². The van der Waals surface area contributed by atoms with Gasteiger partial charge in [0.2, 0.25) is 0 Å². The standard InChI is InChI=1S/C53H57N3O8/c1-6-26-55(51(60)63-35-39-16-10-8-11-17-39)46-32-43(38(5)57)30-44(33-46)50(59)54-48(29-41-20-14-23-47(28-41)62-27-7-2)49(58)34-56(52(61)64-36-40-18-12-9-13-19-40)53(24-25-53)45-22-15-21-42(31-45)37(3)4/h6-23,28,30-33,37,48-49,58H,1-2,24-27,29,34-36H2,3-5H3,(H,54,59)/t48-,49+/m0/s1. The van der Waals surface area contributed by atoms with Crippen LogP contribution in [0.25, 0.3) is 0 Å². The SMILES string of the molecule is C=CCOc1cccc(C[C@H](NC(=O)c2cc(C(C)=O)cc(N(CC=C)C(=O)OCc3ccccc3)c2)[C@H](O)CN(C(=O)OCc2ccccc2)C2(c3cccc(C(C)C)c3)CC2)c1. The molecule has 6 rings (SSSR count). The Bertz CT molecular complexity index is 2410. The number of hydrogen-bond acceptors (Lipinski definition) is 8. The van der Waals surface area contributed by atoms with Crippen LogP contribution < -0.4 is 15.0 Å². The fourth-order valence-electron chi connectivity index (χ4n) is 7.57. The van der Waals surface area contributed by atoms with E-state index in [2.05, 4.69) is 44.5 Å². The molecule has 1 saturated carbocycles. The van der Waals surface area contributed by atoms with Gasteiger partial charge in [0.15, 0.2) is 5.78 Å². The molecule has 0 bridgehead atoms. The maximum atomic E-state index is 14.5. The molecular weight excluding hydrogens is 807 g/mol. The largest absolute Gasteiger partial charge is 0.490 e.